The molecule has 0 atom stereocenters. The summed E-state index contributed by atoms with van der Waals surface area (Å²) in [5, 5.41) is 12.2. The van der Waals surface area contributed by atoms with Crippen LogP contribution in [0.15, 0.2) is 6.20 Å². The fourth-order valence-corrected chi connectivity index (χ4v) is 1.74. The average Bonchev–Trinajstić information content (AvgIpc) is 2.61. The van der Waals surface area contributed by atoms with Crippen LogP contribution in [0.2, 0.25) is 0 Å². The highest BCUT2D eigenvalue weighted by molar-refractivity contribution is 4.99. The first kappa shape index (κ1) is 13.2. The van der Waals surface area contributed by atoms with Crippen molar-refractivity contribution in [2.75, 3.05) is 13.2 Å². The van der Waals surface area contributed by atoms with Gasteiger partial charge in [0.2, 0.25) is 0 Å². The van der Waals surface area contributed by atoms with Crippen molar-refractivity contribution in [2.24, 2.45) is 5.41 Å². The van der Waals surface area contributed by atoms with Gasteiger partial charge >= 0.3 is 0 Å². The first-order valence-corrected chi connectivity index (χ1v) is 5.85. The number of nitrogens with zero attached hydrogens (tertiary/aromatic N) is 1. The van der Waals surface area contributed by atoms with Crippen molar-refractivity contribution < 1.29 is 5.11 Å². The van der Waals surface area contributed by atoms with Crippen LogP contribution in [0.1, 0.15) is 38.2 Å². The molecule has 0 spiro atoms. The first-order chi connectivity index (χ1) is 7.53. The molecule has 4 nitrogen and oxygen atoms in total. The van der Waals surface area contributed by atoms with Gasteiger partial charge in [-0.25, -0.2) is 4.98 Å². The fourth-order valence-electron chi connectivity index (χ4n) is 1.74. The summed E-state index contributed by atoms with van der Waals surface area (Å²) >= 11 is 0. The number of rotatable bonds is 7. The zero-order chi connectivity index (χ0) is 12.0. The van der Waals surface area contributed by atoms with Crippen LogP contribution in [0, 0.1) is 12.3 Å². The lowest BCUT2D eigenvalue weighted by Crippen LogP contribution is -2.29. The molecular weight excluding hydrogens is 202 g/mol. The monoisotopic (exact) mass is 225 g/mol. The number of aliphatic hydroxyl groups excluding tert-OH is 1. The fraction of sp³-hybridized carbons (Fsp3) is 0.750. The van der Waals surface area contributed by atoms with Gasteiger partial charge in [0.05, 0.1) is 0 Å². The summed E-state index contributed by atoms with van der Waals surface area (Å²) in [5.41, 5.74) is 1.35. The molecule has 1 rings (SSSR count). The predicted octanol–water partition coefficient (Wildman–Crippen LogP) is 1.61. The number of hydrogen-bond acceptors (Lipinski definition) is 3. The lowest BCUT2D eigenvalue weighted by atomic mass is 9.88. The molecule has 0 unspecified atom stereocenters. The van der Waals surface area contributed by atoms with E-state index >= 15 is 0 Å². The van der Waals surface area contributed by atoms with Crippen LogP contribution in [0.3, 0.4) is 0 Å². The van der Waals surface area contributed by atoms with Gasteiger partial charge in [0.15, 0.2) is 0 Å². The van der Waals surface area contributed by atoms with E-state index < -0.39 is 0 Å². The normalized spacial score (nSPS) is 12.0. The highest BCUT2D eigenvalue weighted by Crippen LogP contribution is 2.20. The van der Waals surface area contributed by atoms with Crippen molar-refractivity contribution in [1.29, 1.82) is 0 Å². The summed E-state index contributed by atoms with van der Waals surface area (Å²) in [7, 11) is 0. The molecule has 92 valence electrons. The zero-order valence-corrected chi connectivity index (χ0v) is 10.5. The minimum atomic E-state index is 0.234. The van der Waals surface area contributed by atoms with Gasteiger partial charge in [0.25, 0.3) is 0 Å². The molecule has 0 saturated carbocycles. The van der Waals surface area contributed by atoms with E-state index in [-0.39, 0.29) is 12.0 Å². The quantitative estimate of drug-likeness (QED) is 0.660. The van der Waals surface area contributed by atoms with Crippen molar-refractivity contribution in [1.82, 2.24) is 15.3 Å². The minimum absolute atomic E-state index is 0.234. The molecule has 1 heterocycles. The smallest absolute Gasteiger partial charge is 0.103 e. The number of aryl methyl sites for hydroxylation is 1. The van der Waals surface area contributed by atoms with E-state index in [2.05, 4.69) is 29.1 Å². The summed E-state index contributed by atoms with van der Waals surface area (Å²) in [6.07, 6.45) is 3.78. The summed E-state index contributed by atoms with van der Waals surface area (Å²) in [6, 6.07) is 0. The van der Waals surface area contributed by atoms with Crippen LogP contribution >= 0.6 is 0 Å². The number of nitrogens with one attached hydrogen (secondary N) is 2. The van der Waals surface area contributed by atoms with Crippen LogP contribution in [0.25, 0.3) is 0 Å². The van der Waals surface area contributed by atoms with E-state index in [0.29, 0.717) is 0 Å². The maximum Gasteiger partial charge on any atom is 0.103 e. The number of aromatic amines is 1. The third-order valence-electron chi connectivity index (χ3n) is 2.69. The largest absolute Gasteiger partial charge is 0.396 e. The van der Waals surface area contributed by atoms with Crippen LogP contribution in [-0.2, 0) is 6.54 Å². The molecule has 1 aromatic rings. The number of aromatic nitrogens is 2. The maximum atomic E-state index is 8.80. The SMILES string of the molecule is Cc1ncc(CNCC(C)(C)CCCO)[nH]1. The zero-order valence-electron chi connectivity index (χ0n) is 10.5. The molecule has 3 N–H and O–H groups in total. The van der Waals surface area contributed by atoms with E-state index in [1.807, 2.05) is 13.1 Å². The van der Waals surface area contributed by atoms with Gasteiger partial charge in [-0.1, -0.05) is 13.8 Å². The molecule has 0 aliphatic heterocycles. The Kier molecular flexibility index (Phi) is 4.96. The molecule has 0 bridgehead atoms. The number of imidazole rings is 1. The Bertz CT molecular complexity index is 307. The molecule has 0 fully saturated rings. The Balaban J connectivity index is 2.24. The van der Waals surface area contributed by atoms with Crippen molar-refractivity contribution in [3.05, 3.63) is 17.7 Å². The topological polar surface area (TPSA) is 60.9 Å². The highest BCUT2D eigenvalue weighted by atomic mass is 16.2. The third kappa shape index (κ3) is 4.77. The molecular formula is C12H23N3O. The lowest BCUT2D eigenvalue weighted by Gasteiger charge is -2.24. The summed E-state index contributed by atoms with van der Waals surface area (Å²) < 4.78 is 0. The van der Waals surface area contributed by atoms with Crippen LogP contribution in [0.4, 0.5) is 0 Å². The van der Waals surface area contributed by atoms with Gasteiger partial charge in [-0.2, -0.15) is 0 Å². The Morgan fingerprint density at radius 1 is 1.50 bits per heavy atom. The Hall–Kier alpha value is -0.870. The number of H-pyrrole nitrogens is 1. The van der Waals surface area contributed by atoms with Gasteiger partial charge in [-0.3, -0.25) is 0 Å². The maximum absolute atomic E-state index is 8.80. The minimum Gasteiger partial charge on any atom is -0.396 e. The van der Waals surface area contributed by atoms with Crippen LogP contribution in [-0.4, -0.2) is 28.2 Å². The number of hydrogen-bond donors (Lipinski definition) is 3. The van der Waals surface area contributed by atoms with Gasteiger partial charge < -0.3 is 15.4 Å². The van der Waals surface area contributed by atoms with Crippen LogP contribution < -0.4 is 5.32 Å². The molecule has 4 heteroatoms. The van der Waals surface area contributed by atoms with Crippen molar-refractivity contribution >= 4 is 0 Å². The number of aliphatic hydroxyl groups is 1. The van der Waals surface area contributed by atoms with E-state index in [1.54, 1.807) is 0 Å². The Morgan fingerprint density at radius 3 is 2.81 bits per heavy atom. The second-order valence-corrected chi connectivity index (χ2v) is 5.09. The molecule has 0 aliphatic rings. The summed E-state index contributed by atoms with van der Waals surface area (Å²) in [5.74, 6) is 0.955. The van der Waals surface area contributed by atoms with Gasteiger partial charge in [0.1, 0.15) is 5.82 Å². The van der Waals surface area contributed by atoms with E-state index in [0.717, 1.165) is 37.4 Å². The predicted molar refractivity (Wildman–Crippen MR) is 65.1 cm³/mol. The standard InChI is InChI=1S/C12H23N3O/c1-10-14-8-11(15-10)7-13-9-12(2,3)5-4-6-16/h8,13,16H,4-7,9H2,1-3H3,(H,14,15). The van der Waals surface area contributed by atoms with Crippen molar-refractivity contribution in [3.8, 4) is 0 Å². The molecule has 0 radical (unpaired) electrons. The molecule has 1 aromatic heterocycles. The summed E-state index contributed by atoms with van der Waals surface area (Å²) in [6.45, 7) is 8.44. The summed E-state index contributed by atoms with van der Waals surface area (Å²) in [4.78, 5) is 7.34. The molecule has 0 saturated heterocycles. The Labute approximate surface area is 97.5 Å². The van der Waals surface area contributed by atoms with Gasteiger partial charge in [-0.15, -0.1) is 0 Å². The highest BCUT2D eigenvalue weighted by Gasteiger charge is 2.16. The second kappa shape index (κ2) is 6.01. The van der Waals surface area contributed by atoms with Crippen molar-refractivity contribution in [2.45, 2.75) is 40.2 Å². The van der Waals surface area contributed by atoms with E-state index in [4.69, 9.17) is 5.11 Å². The van der Waals surface area contributed by atoms with Crippen LogP contribution in [0.5, 0.6) is 0 Å². The van der Waals surface area contributed by atoms with Gasteiger partial charge in [0, 0.05) is 31.6 Å². The molecule has 0 aromatic carbocycles. The Morgan fingerprint density at radius 2 is 2.25 bits per heavy atom. The molecule has 0 amide bonds. The molecule has 0 aliphatic carbocycles. The third-order valence-corrected chi connectivity index (χ3v) is 2.69. The first-order valence-electron chi connectivity index (χ1n) is 5.85. The second-order valence-electron chi connectivity index (χ2n) is 5.09. The van der Waals surface area contributed by atoms with E-state index in [1.165, 1.54) is 0 Å². The van der Waals surface area contributed by atoms with Crippen molar-refractivity contribution in [3.63, 3.8) is 0 Å². The van der Waals surface area contributed by atoms with Gasteiger partial charge in [-0.05, 0) is 25.2 Å². The van der Waals surface area contributed by atoms with E-state index in [9.17, 15) is 0 Å². The lowest BCUT2D eigenvalue weighted by molar-refractivity contribution is 0.236. The average molecular weight is 225 g/mol. The molecule has 16 heavy (non-hydrogen) atoms.